The molecule has 0 saturated carbocycles. The van der Waals surface area contributed by atoms with Crippen LogP contribution in [0.3, 0.4) is 0 Å². The number of carbonyl (C=O) groups excluding carboxylic acids is 2. The molecule has 2 amide bonds. The van der Waals surface area contributed by atoms with Gasteiger partial charge in [-0.3, -0.25) is 19.4 Å². The minimum Gasteiger partial charge on any atom is -0.397 e. The van der Waals surface area contributed by atoms with Crippen LogP contribution in [0.2, 0.25) is 0 Å². The van der Waals surface area contributed by atoms with Crippen molar-refractivity contribution in [2.45, 2.75) is 32.0 Å². The summed E-state index contributed by atoms with van der Waals surface area (Å²) in [5.74, 6) is 5.91. The molecule has 2 atom stereocenters. The number of likely N-dealkylation sites (N-methyl/N-ethyl adjacent to an activating group) is 1. The van der Waals surface area contributed by atoms with E-state index in [-0.39, 0.29) is 17.9 Å². The average Bonchev–Trinajstić information content (AvgIpc) is 3.07. The molecule has 0 aliphatic carbocycles. The van der Waals surface area contributed by atoms with Crippen molar-refractivity contribution in [3.8, 4) is 0 Å². The molecule has 0 radical (unpaired) electrons. The fourth-order valence-corrected chi connectivity index (χ4v) is 4.29. The van der Waals surface area contributed by atoms with Gasteiger partial charge in [-0.1, -0.05) is 6.07 Å². The van der Waals surface area contributed by atoms with Gasteiger partial charge in [-0.15, -0.1) is 0 Å². The molecule has 0 aromatic heterocycles. The Balaban J connectivity index is 1.51. The molecule has 29 heavy (non-hydrogen) atoms. The number of nitrogens with one attached hydrogen (secondary N) is 1. The van der Waals surface area contributed by atoms with E-state index in [2.05, 4.69) is 15.1 Å². The van der Waals surface area contributed by atoms with Gasteiger partial charge in [0.15, 0.2) is 0 Å². The fraction of sp³-hybridized carbons (Fsp3) is 0.600. The Hall–Kier alpha value is -2.36. The van der Waals surface area contributed by atoms with Crippen molar-refractivity contribution in [1.29, 1.82) is 0 Å². The zero-order chi connectivity index (χ0) is 21.1. The van der Waals surface area contributed by atoms with Gasteiger partial charge in [-0.2, -0.15) is 0 Å². The molecule has 2 heterocycles. The van der Waals surface area contributed by atoms with E-state index < -0.39 is 0 Å². The Bertz CT molecular complexity index is 746. The van der Waals surface area contributed by atoms with Crippen molar-refractivity contribution in [2.75, 3.05) is 57.6 Å². The topological polar surface area (TPSA) is 111 Å². The van der Waals surface area contributed by atoms with E-state index in [1.807, 2.05) is 30.1 Å². The van der Waals surface area contributed by atoms with Crippen molar-refractivity contribution in [3.05, 3.63) is 23.8 Å². The molecule has 1 aromatic rings. The third-order valence-corrected chi connectivity index (χ3v) is 6.04. The number of amides is 2. The molecule has 5 N–H and O–H groups in total. The molecule has 3 rings (SSSR count). The lowest BCUT2D eigenvalue weighted by Gasteiger charge is -2.37. The summed E-state index contributed by atoms with van der Waals surface area (Å²) in [6.07, 6.45) is 0.807. The predicted molar refractivity (Wildman–Crippen MR) is 114 cm³/mol. The number of rotatable bonds is 5. The SMILES string of the molecule is CC(=O)N1CCN(C2CC(C(=O)NCc3ccc(N(C)N)c(N)c3)N(C)C2)CC1. The van der Waals surface area contributed by atoms with Crippen LogP contribution in [0, 0.1) is 0 Å². The van der Waals surface area contributed by atoms with Crippen LogP contribution in [0.25, 0.3) is 0 Å². The number of hydrogen-bond acceptors (Lipinski definition) is 7. The molecular weight excluding hydrogens is 370 g/mol. The first-order valence-corrected chi connectivity index (χ1v) is 10.1. The van der Waals surface area contributed by atoms with E-state index in [1.54, 1.807) is 14.0 Å². The largest absolute Gasteiger partial charge is 0.397 e. The summed E-state index contributed by atoms with van der Waals surface area (Å²) < 4.78 is 0. The zero-order valence-electron chi connectivity index (χ0n) is 17.6. The van der Waals surface area contributed by atoms with Gasteiger partial charge < -0.3 is 21.0 Å². The number of nitrogen functional groups attached to an aromatic ring is 1. The third kappa shape index (κ3) is 4.98. The summed E-state index contributed by atoms with van der Waals surface area (Å²) in [5, 5.41) is 4.51. The highest BCUT2D eigenvalue weighted by molar-refractivity contribution is 5.82. The Kier molecular flexibility index (Phi) is 6.61. The van der Waals surface area contributed by atoms with Crippen molar-refractivity contribution >= 4 is 23.2 Å². The lowest BCUT2D eigenvalue weighted by atomic mass is 10.1. The maximum absolute atomic E-state index is 12.8. The number of nitrogens with zero attached hydrogens (tertiary/aromatic N) is 4. The Morgan fingerprint density at radius 2 is 1.93 bits per heavy atom. The van der Waals surface area contributed by atoms with E-state index >= 15 is 0 Å². The quantitative estimate of drug-likeness (QED) is 0.343. The molecule has 2 aliphatic rings. The molecule has 9 heteroatoms. The first kappa shape index (κ1) is 21.4. The summed E-state index contributed by atoms with van der Waals surface area (Å²) >= 11 is 0. The van der Waals surface area contributed by atoms with E-state index in [9.17, 15) is 9.59 Å². The van der Waals surface area contributed by atoms with Gasteiger partial charge in [0.2, 0.25) is 11.8 Å². The molecular formula is C20H33N7O2. The summed E-state index contributed by atoms with van der Waals surface area (Å²) in [4.78, 5) is 30.7. The predicted octanol–water partition coefficient (Wildman–Crippen LogP) is -0.568. The number of hydrogen-bond donors (Lipinski definition) is 3. The molecule has 0 bridgehead atoms. The number of piperazine rings is 1. The molecule has 2 fully saturated rings. The van der Waals surface area contributed by atoms with Gasteiger partial charge in [0.05, 0.1) is 17.4 Å². The summed E-state index contributed by atoms with van der Waals surface area (Å²) in [6.45, 7) is 6.19. The minimum absolute atomic E-state index is 0.0379. The lowest BCUT2D eigenvalue weighted by molar-refractivity contribution is -0.130. The number of anilines is 2. The van der Waals surface area contributed by atoms with Gasteiger partial charge >= 0.3 is 0 Å². The summed E-state index contributed by atoms with van der Waals surface area (Å²) in [6, 6.07) is 5.83. The van der Waals surface area contributed by atoms with E-state index in [0.29, 0.717) is 18.3 Å². The second kappa shape index (κ2) is 8.98. The Labute approximate surface area is 172 Å². The van der Waals surface area contributed by atoms with E-state index in [1.165, 1.54) is 5.01 Å². The van der Waals surface area contributed by atoms with Crippen LogP contribution in [0.15, 0.2) is 18.2 Å². The average molecular weight is 404 g/mol. The molecule has 9 nitrogen and oxygen atoms in total. The third-order valence-electron chi connectivity index (χ3n) is 6.04. The number of nitrogens with two attached hydrogens (primary N) is 2. The minimum atomic E-state index is -0.141. The van der Waals surface area contributed by atoms with Crippen molar-refractivity contribution in [2.24, 2.45) is 5.84 Å². The maximum Gasteiger partial charge on any atom is 0.237 e. The van der Waals surface area contributed by atoms with E-state index in [4.69, 9.17) is 11.6 Å². The van der Waals surface area contributed by atoms with Crippen LogP contribution in [0.4, 0.5) is 11.4 Å². The molecule has 2 aliphatic heterocycles. The fourth-order valence-electron chi connectivity index (χ4n) is 4.29. The van der Waals surface area contributed by atoms with Crippen molar-refractivity contribution in [3.63, 3.8) is 0 Å². The summed E-state index contributed by atoms with van der Waals surface area (Å²) in [7, 11) is 3.74. The number of likely N-dealkylation sites (tertiary alicyclic amines) is 1. The Morgan fingerprint density at radius 3 is 2.52 bits per heavy atom. The van der Waals surface area contributed by atoms with Gasteiger partial charge in [0.1, 0.15) is 0 Å². The number of hydrazine groups is 1. The molecule has 2 unspecified atom stereocenters. The number of carbonyl (C=O) groups is 2. The second-order valence-corrected chi connectivity index (χ2v) is 8.11. The van der Waals surface area contributed by atoms with Crippen LogP contribution in [-0.2, 0) is 16.1 Å². The second-order valence-electron chi connectivity index (χ2n) is 8.11. The molecule has 0 spiro atoms. The van der Waals surface area contributed by atoms with Gasteiger partial charge in [0, 0.05) is 59.3 Å². The first-order valence-electron chi connectivity index (χ1n) is 10.1. The smallest absolute Gasteiger partial charge is 0.237 e. The van der Waals surface area contributed by atoms with Gasteiger partial charge in [-0.05, 0) is 31.2 Å². The van der Waals surface area contributed by atoms with Crippen LogP contribution < -0.4 is 21.9 Å². The highest BCUT2D eigenvalue weighted by atomic mass is 16.2. The van der Waals surface area contributed by atoms with Crippen LogP contribution in [-0.4, -0.2) is 85.4 Å². The zero-order valence-corrected chi connectivity index (χ0v) is 17.6. The maximum atomic E-state index is 12.8. The molecule has 160 valence electrons. The van der Waals surface area contributed by atoms with Crippen LogP contribution in [0.1, 0.15) is 18.9 Å². The van der Waals surface area contributed by atoms with E-state index in [0.717, 1.165) is 50.4 Å². The van der Waals surface area contributed by atoms with Crippen LogP contribution in [0.5, 0.6) is 0 Å². The first-order chi connectivity index (χ1) is 13.8. The standard InChI is InChI=1S/C20H33N7O2/c1-14(28)26-6-8-27(9-7-26)16-11-19(24(2)13-16)20(29)23-12-15-4-5-18(25(3)22)17(21)10-15/h4-5,10,16,19H,6-9,11-13,21-22H2,1-3H3,(H,23,29). The van der Waals surface area contributed by atoms with Gasteiger partial charge in [-0.25, -0.2) is 5.84 Å². The monoisotopic (exact) mass is 403 g/mol. The van der Waals surface area contributed by atoms with Crippen molar-refractivity contribution < 1.29 is 9.59 Å². The number of benzene rings is 1. The highest BCUT2D eigenvalue weighted by Crippen LogP contribution is 2.23. The highest BCUT2D eigenvalue weighted by Gasteiger charge is 2.38. The Morgan fingerprint density at radius 1 is 1.24 bits per heavy atom. The molecule has 2 saturated heterocycles. The molecule has 1 aromatic carbocycles. The van der Waals surface area contributed by atoms with Gasteiger partial charge in [0.25, 0.3) is 0 Å². The lowest BCUT2D eigenvalue weighted by Crippen LogP contribution is -2.52. The normalized spacial score (nSPS) is 23.2. The summed E-state index contributed by atoms with van der Waals surface area (Å²) in [5.41, 5.74) is 8.31. The van der Waals surface area contributed by atoms with Crippen LogP contribution >= 0.6 is 0 Å². The van der Waals surface area contributed by atoms with Crippen molar-refractivity contribution in [1.82, 2.24) is 20.0 Å².